The maximum Gasteiger partial charge on any atom is 0.251 e. The number of hydrogen-bond acceptors (Lipinski definition) is 5. The smallest absolute Gasteiger partial charge is 0.251 e. The number of pyridine rings is 2. The van der Waals surface area contributed by atoms with Crippen molar-refractivity contribution in [2.75, 3.05) is 13.7 Å². The van der Waals surface area contributed by atoms with Crippen LogP contribution in [0.25, 0.3) is 0 Å². The molecule has 0 saturated carbocycles. The van der Waals surface area contributed by atoms with Crippen LogP contribution >= 0.6 is 0 Å². The molecule has 0 aliphatic carbocycles. The molecule has 146 valence electrons. The second kappa shape index (κ2) is 10.0. The predicted molar refractivity (Wildman–Crippen MR) is 110 cm³/mol. The predicted octanol–water partition coefficient (Wildman–Crippen LogP) is 3.51. The van der Waals surface area contributed by atoms with Gasteiger partial charge in [-0.2, -0.15) is 0 Å². The first-order valence-corrected chi connectivity index (χ1v) is 9.06. The summed E-state index contributed by atoms with van der Waals surface area (Å²) in [6, 6.07) is 12.6. The van der Waals surface area contributed by atoms with E-state index in [1.807, 2.05) is 25.1 Å². The number of methoxy groups -OCH3 is 1. The van der Waals surface area contributed by atoms with Gasteiger partial charge in [0, 0.05) is 49.4 Å². The van der Waals surface area contributed by atoms with Crippen molar-refractivity contribution in [2.24, 2.45) is 0 Å². The number of aromatic nitrogens is 2. The Morgan fingerprint density at radius 3 is 2.76 bits per heavy atom. The van der Waals surface area contributed by atoms with E-state index in [-0.39, 0.29) is 5.91 Å². The van der Waals surface area contributed by atoms with Gasteiger partial charge in [0.2, 0.25) is 0 Å². The standard InChI is InChI=1S/C23H21N3O3/c1-17-21(23(27)26-16-18-8-11-24-12-9-18)6-3-7-22(17)29-20-10-13-25-19(15-20)5-4-14-28-2/h3,6-13,15H,14,16H2,1-2H3,(H,26,27). The van der Waals surface area contributed by atoms with Gasteiger partial charge in [-0.3, -0.25) is 9.78 Å². The fraction of sp³-hybridized carbons (Fsp3) is 0.174. The molecule has 2 heterocycles. The molecule has 0 bridgehead atoms. The maximum atomic E-state index is 12.6. The SMILES string of the molecule is COCC#Cc1cc(Oc2cccc(C(=O)NCc3ccncc3)c2C)ccn1. The lowest BCUT2D eigenvalue weighted by Crippen LogP contribution is -2.23. The number of ether oxygens (including phenoxy) is 2. The van der Waals surface area contributed by atoms with Crippen LogP contribution in [0.3, 0.4) is 0 Å². The normalized spacial score (nSPS) is 10.0. The fourth-order valence-corrected chi connectivity index (χ4v) is 2.62. The van der Waals surface area contributed by atoms with Crippen LogP contribution in [-0.2, 0) is 11.3 Å². The van der Waals surface area contributed by atoms with Gasteiger partial charge in [0.15, 0.2) is 0 Å². The van der Waals surface area contributed by atoms with E-state index < -0.39 is 0 Å². The van der Waals surface area contributed by atoms with Crippen LogP contribution in [0.15, 0.2) is 61.1 Å². The molecule has 0 radical (unpaired) electrons. The zero-order chi connectivity index (χ0) is 20.5. The Hall–Kier alpha value is -3.69. The molecule has 2 aromatic heterocycles. The maximum absolute atomic E-state index is 12.6. The minimum Gasteiger partial charge on any atom is -0.457 e. The Morgan fingerprint density at radius 1 is 1.14 bits per heavy atom. The second-order valence-corrected chi connectivity index (χ2v) is 6.18. The average Bonchev–Trinajstić information content (AvgIpc) is 2.75. The van der Waals surface area contributed by atoms with Crippen LogP contribution in [0.1, 0.15) is 27.2 Å². The number of carbonyl (C=O) groups excluding carboxylic acids is 1. The van der Waals surface area contributed by atoms with E-state index in [1.165, 1.54) is 0 Å². The van der Waals surface area contributed by atoms with Crippen LogP contribution in [0.4, 0.5) is 0 Å². The average molecular weight is 387 g/mol. The highest BCUT2D eigenvalue weighted by Crippen LogP contribution is 2.27. The Bertz CT molecular complexity index is 1040. The number of amides is 1. The highest BCUT2D eigenvalue weighted by atomic mass is 16.5. The summed E-state index contributed by atoms with van der Waals surface area (Å²) in [5.74, 6) is 6.81. The molecule has 0 unspecified atom stereocenters. The summed E-state index contributed by atoms with van der Waals surface area (Å²) in [5, 5.41) is 2.92. The zero-order valence-corrected chi connectivity index (χ0v) is 16.3. The topological polar surface area (TPSA) is 73.3 Å². The van der Waals surface area contributed by atoms with Crippen LogP contribution in [0.5, 0.6) is 11.5 Å². The first-order chi connectivity index (χ1) is 14.2. The lowest BCUT2D eigenvalue weighted by molar-refractivity contribution is 0.0950. The van der Waals surface area contributed by atoms with Gasteiger partial charge in [-0.05, 0) is 48.7 Å². The Balaban J connectivity index is 1.73. The quantitative estimate of drug-likeness (QED) is 0.656. The molecule has 0 spiro atoms. The second-order valence-electron chi connectivity index (χ2n) is 6.18. The van der Waals surface area contributed by atoms with Crippen molar-refractivity contribution in [2.45, 2.75) is 13.5 Å². The van der Waals surface area contributed by atoms with Crippen molar-refractivity contribution in [3.05, 3.63) is 83.4 Å². The van der Waals surface area contributed by atoms with E-state index in [9.17, 15) is 4.79 Å². The zero-order valence-electron chi connectivity index (χ0n) is 16.3. The van der Waals surface area contributed by atoms with Crippen LogP contribution < -0.4 is 10.1 Å². The van der Waals surface area contributed by atoms with Crippen molar-refractivity contribution in [1.82, 2.24) is 15.3 Å². The first kappa shape index (κ1) is 20.1. The van der Waals surface area contributed by atoms with E-state index in [1.54, 1.807) is 50.0 Å². The number of nitrogens with one attached hydrogen (secondary N) is 1. The van der Waals surface area contributed by atoms with Gasteiger partial charge in [0.25, 0.3) is 5.91 Å². The highest BCUT2D eigenvalue weighted by molar-refractivity contribution is 5.96. The van der Waals surface area contributed by atoms with Crippen LogP contribution in [0.2, 0.25) is 0 Å². The lowest BCUT2D eigenvalue weighted by atomic mass is 10.1. The molecule has 0 atom stereocenters. The van der Waals surface area contributed by atoms with Crippen molar-refractivity contribution in [1.29, 1.82) is 0 Å². The molecule has 0 fully saturated rings. The molecule has 1 amide bonds. The van der Waals surface area contributed by atoms with E-state index in [4.69, 9.17) is 9.47 Å². The number of rotatable bonds is 6. The molecule has 0 aliphatic rings. The molecular weight excluding hydrogens is 366 g/mol. The first-order valence-electron chi connectivity index (χ1n) is 9.06. The number of carbonyl (C=O) groups is 1. The summed E-state index contributed by atoms with van der Waals surface area (Å²) < 4.78 is 10.9. The van der Waals surface area contributed by atoms with E-state index in [0.717, 1.165) is 11.1 Å². The lowest BCUT2D eigenvalue weighted by Gasteiger charge is -2.13. The molecule has 6 nitrogen and oxygen atoms in total. The summed E-state index contributed by atoms with van der Waals surface area (Å²) >= 11 is 0. The van der Waals surface area contributed by atoms with Gasteiger partial charge < -0.3 is 14.8 Å². The molecule has 1 aromatic carbocycles. The van der Waals surface area contributed by atoms with Crippen molar-refractivity contribution < 1.29 is 14.3 Å². The molecule has 0 aliphatic heterocycles. The van der Waals surface area contributed by atoms with Gasteiger partial charge in [-0.1, -0.05) is 12.0 Å². The highest BCUT2D eigenvalue weighted by Gasteiger charge is 2.13. The molecule has 1 N–H and O–H groups in total. The third-order valence-corrected chi connectivity index (χ3v) is 4.12. The Morgan fingerprint density at radius 2 is 1.97 bits per heavy atom. The Labute approximate surface area is 169 Å². The van der Waals surface area contributed by atoms with Gasteiger partial charge >= 0.3 is 0 Å². The summed E-state index contributed by atoms with van der Waals surface area (Å²) in [4.78, 5) is 20.8. The van der Waals surface area contributed by atoms with E-state index in [2.05, 4.69) is 27.1 Å². The largest absolute Gasteiger partial charge is 0.457 e. The molecule has 3 aromatic rings. The van der Waals surface area contributed by atoms with Crippen molar-refractivity contribution in [3.8, 4) is 23.3 Å². The minimum atomic E-state index is -0.161. The van der Waals surface area contributed by atoms with Crippen molar-refractivity contribution in [3.63, 3.8) is 0 Å². The number of benzene rings is 1. The van der Waals surface area contributed by atoms with Gasteiger partial charge in [0.05, 0.1) is 0 Å². The number of nitrogens with zero attached hydrogens (tertiary/aromatic N) is 2. The third kappa shape index (κ3) is 5.64. The summed E-state index contributed by atoms with van der Waals surface area (Å²) in [6.07, 6.45) is 5.03. The fourth-order valence-electron chi connectivity index (χ4n) is 2.62. The molecule has 6 heteroatoms. The van der Waals surface area contributed by atoms with Gasteiger partial charge in [-0.15, -0.1) is 0 Å². The Kier molecular flexibility index (Phi) is 6.93. The molecule has 0 saturated heterocycles. The summed E-state index contributed by atoms with van der Waals surface area (Å²) in [7, 11) is 1.59. The molecule has 29 heavy (non-hydrogen) atoms. The van der Waals surface area contributed by atoms with Gasteiger partial charge in [0.1, 0.15) is 23.8 Å². The summed E-state index contributed by atoms with van der Waals surface area (Å²) in [6.45, 7) is 2.62. The van der Waals surface area contributed by atoms with E-state index >= 15 is 0 Å². The van der Waals surface area contributed by atoms with E-state index in [0.29, 0.717) is 35.9 Å². The summed E-state index contributed by atoms with van der Waals surface area (Å²) in [5.41, 5.74) is 2.88. The van der Waals surface area contributed by atoms with Crippen LogP contribution in [-0.4, -0.2) is 29.6 Å². The van der Waals surface area contributed by atoms with Crippen molar-refractivity contribution >= 4 is 5.91 Å². The molecular formula is C23H21N3O3. The van der Waals surface area contributed by atoms with Gasteiger partial charge in [-0.25, -0.2) is 4.98 Å². The minimum absolute atomic E-state index is 0.161. The van der Waals surface area contributed by atoms with Crippen LogP contribution in [0, 0.1) is 18.8 Å². The number of hydrogen-bond donors (Lipinski definition) is 1. The monoisotopic (exact) mass is 387 g/mol. The molecule has 3 rings (SSSR count). The third-order valence-electron chi connectivity index (χ3n) is 4.12.